The van der Waals surface area contributed by atoms with E-state index in [1.165, 1.54) is 0 Å². The minimum atomic E-state index is -3.14. The summed E-state index contributed by atoms with van der Waals surface area (Å²) in [6.07, 6.45) is 1.76. The number of sulfone groups is 1. The lowest BCUT2D eigenvalue weighted by Crippen LogP contribution is -2.45. The van der Waals surface area contributed by atoms with Gasteiger partial charge in [0, 0.05) is 18.7 Å². The Morgan fingerprint density at radius 3 is 2.46 bits per heavy atom. The highest BCUT2D eigenvalue weighted by molar-refractivity contribution is 7.91. The van der Waals surface area contributed by atoms with Crippen molar-refractivity contribution < 1.29 is 22.8 Å². The van der Waals surface area contributed by atoms with Gasteiger partial charge in [-0.25, -0.2) is 8.42 Å². The van der Waals surface area contributed by atoms with E-state index in [0.29, 0.717) is 13.0 Å². The van der Waals surface area contributed by atoms with E-state index in [0.717, 1.165) is 17.7 Å². The van der Waals surface area contributed by atoms with Crippen molar-refractivity contribution in [3.8, 4) is 0 Å². The summed E-state index contributed by atoms with van der Waals surface area (Å²) in [7, 11) is -3.14. The number of hydrogen-bond donors (Lipinski definition) is 2. The molecule has 2 heterocycles. The van der Waals surface area contributed by atoms with Gasteiger partial charge in [0.25, 0.3) is 0 Å². The molecule has 26 heavy (non-hydrogen) atoms. The van der Waals surface area contributed by atoms with E-state index in [-0.39, 0.29) is 30.3 Å². The van der Waals surface area contributed by atoms with Crippen LogP contribution in [0.15, 0.2) is 24.3 Å². The van der Waals surface area contributed by atoms with Crippen LogP contribution in [0.5, 0.6) is 0 Å². The van der Waals surface area contributed by atoms with Gasteiger partial charge in [0.05, 0.1) is 23.8 Å². The summed E-state index contributed by atoms with van der Waals surface area (Å²) < 4.78 is 22.8. The first-order valence-corrected chi connectivity index (χ1v) is 10.3. The Balaban J connectivity index is 1.47. The normalized spacial score (nSPS) is 21.6. The van der Waals surface area contributed by atoms with Gasteiger partial charge in [-0.3, -0.25) is 25.2 Å². The molecule has 9 heteroatoms. The van der Waals surface area contributed by atoms with Gasteiger partial charge in [0.1, 0.15) is 0 Å². The van der Waals surface area contributed by atoms with Crippen molar-refractivity contribution in [1.82, 2.24) is 10.9 Å². The third kappa shape index (κ3) is 4.40. The number of carbonyl (C=O) groups is 3. The quantitative estimate of drug-likeness (QED) is 0.712. The minimum Gasteiger partial charge on any atom is -0.312 e. The third-order valence-corrected chi connectivity index (χ3v) is 6.38. The first kappa shape index (κ1) is 18.4. The molecule has 1 aromatic rings. The summed E-state index contributed by atoms with van der Waals surface area (Å²) in [5.41, 5.74) is 6.16. The van der Waals surface area contributed by atoms with Gasteiger partial charge in [-0.15, -0.1) is 0 Å². The van der Waals surface area contributed by atoms with Crippen LogP contribution in [-0.4, -0.2) is 44.2 Å². The highest BCUT2D eigenvalue weighted by Crippen LogP contribution is 2.21. The van der Waals surface area contributed by atoms with Gasteiger partial charge in [-0.2, -0.15) is 0 Å². The zero-order valence-electron chi connectivity index (χ0n) is 14.2. The minimum absolute atomic E-state index is 0.00486. The predicted octanol–water partition coefficient (Wildman–Crippen LogP) is -0.0620. The van der Waals surface area contributed by atoms with E-state index >= 15 is 0 Å². The molecule has 3 amide bonds. The van der Waals surface area contributed by atoms with Crippen LogP contribution >= 0.6 is 0 Å². The van der Waals surface area contributed by atoms with Crippen LogP contribution in [-0.2, 0) is 30.6 Å². The number of amides is 3. The number of nitrogens with one attached hydrogen (secondary N) is 2. The third-order valence-electron chi connectivity index (χ3n) is 4.61. The lowest BCUT2D eigenvalue weighted by atomic mass is 10.1. The molecule has 0 aliphatic carbocycles. The molecule has 0 saturated carbocycles. The van der Waals surface area contributed by atoms with E-state index in [1.807, 2.05) is 0 Å². The van der Waals surface area contributed by atoms with Crippen molar-refractivity contribution in [2.45, 2.75) is 25.7 Å². The van der Waals surface area contributed by atoms with Gasteiger partial charge in [-0.05, 0) is 30.5 Å². The molecule has 3 rings (SSSR count). The first-order valence-electron chi connectivity index (χ1n) is 8.52. The van der Waals surface area contributed by atoms with Gasteiger partial charge in [-0.1, -0.05) is 12.1 Å². The molecule has 0 unspecified atom stereocenters. The van der Waals surface area contributed by atoms with Crippen LogP contribution in [0.25, 0.3) is 0 Å². The largest absolute Gasteiger partial charge is 0.312 e. The van der Waals surface area contributed by atoms with Gasteiger partial charge in [0.2, 0.25) is 17.7 Å². The molecular weight excluding hydrogens is 358 g/mol. The average Bonchev–Trinajstić information content (AvgIpc) is 3.18. The number of nitrogens with zero attached hydrogens (tertiary/aromatic N) is 1. The molecule has 2 fully saturated rings. The first-order chi connectivity index (χ1) is 12.3. The number of benzene rings is 1. The second-order valence-corrected chi connectivity index (χ2v) is 8.86. The zero-order chi connectivity index (χ0) is 18.7. The highest BCUT2D eigenvalue weighted by atomic mass is 32.2. The second kappa shape index (κ2) is 7.45. The Bertz CT molecular complexity index is 819. The molecule has 2 N–H and O–H groups in total. The fraction of sp³-hybridized carbons (Fsp3) is 0.471. The molecule has 0 radical (unpaired) electrons. The molecular formula is C17H21N3O5S. The Morgan fingerprint density at radius 2 is 1.88 bits per heavy atom. The monoisotopic (exact) mass is 379 g/mol. The molecule has 0 bridgehead atoms. The number of rotatable bonds is 4. The van der Waals surface area contributed by atoms with Gasteiger partial charge in [0.15, 0.2) is 9.84 Å². The van der Waals surface area contributed by atoms with Crippen molar-refractivity contribution in [2.24, 2.45) is 5.92 Å². The molecule has 1 atom stereocenters. The van der Waals surface area contributed by atoms with E-state index in [1.54, 1.807) is 29.2 Å². The smallest absolute Gasteiger partial charge is 0.242 e. The molecule has 2 saturated heterocycles. The molecule has 0 aromatic heterocycles. The number of anilines is 1. The summed E-state index contributed by atoms with van der Waals surface area (Å²) in [5, 5.41) is 0. The Hall–Kier alpha value is -2.42. The fourth-order valence-electron chi connectivity index (χ4n) is 3.18. The van der Waals surface area contributed by atoms with Crippen molar-refractivity contribution in [2.75, 3.05) is 23.0 Å². The standard InChI is InChI=1S/C17H21N3O5S/c21-15(18-19-17(23)13-7-9-26(24,25)11-13)10-12-3-5-14(6-4-12)20-8-1-2-16(20)22/h3-6,13H,1-2,7-11H2,(H,18,21)(H,19,23)/t13-/m1/s1. The maximum Gasteiger partial charge on any atom is 0.242 e. The maximum atomic E-state index is 11.9. The zero-order valence-corrected chi connectivity index (χ0v) is 15.0. The predicted molar refractivity (Wildman–Crippen MR) is 94.8 cm³/mol. The summed E-state index contributed by atoms with van der Waals surface area (Å²) in [4.78, 5) is 37.3. The maximum absolute atomic E-state index is 11.9. The van der Waals surface area contributed by atoms with Crippen molar-refractivity contribution >= 4 is 33.2 Å². The topological polar surface area (TPSA) is 113 Å². The Kier molecular flexibility index (Phi) is 5.26. The van der Waals surface area contributed by atoms with E-state index < -0.39 is 27.6 Å². The van der Waals surface area contributed by atoms with Crippen LogP contribution in [0.2, 0.25) is 0 Å². The lowest BCUT2D eigenvalue weighted by molar-refractivity contribution is -0.130. The van der Waals surface area contributed by atoms with E-state index in [9.17, 15) is 22.8 Å². The van der Waals surface area contributed by atoms with E-state index in [4.69, 9.17) is 0 Å². The van der Waals surface area contributed by atoms with Crippen molar-refractivity contribution in [1.29, 1.82) is 0 Å². The van der Waals surface area contributed by atoms with Crippen LogP contribution in [0, 0.1) is 5.92 Å². The van der Waals surface area contributed by atoms with Crippen LogP contribution < -0.4 is 15.8 Å². The molecule has 8 nitrogen and oxygen atoms in total. The van der Waals surface area contributed by atoms with Crippen LogP contribution in [0.3, 0.4) is 0 Å². The Morgan fingerprint density at radius 1 is 1.15 bits per heavy atom. The number of hydrogen-bond acceptors (Lipinski definition) is 5. The van der Waals surface area contributed by atoms with Crippen LogP contribution in [0.4, 0.5) is 5.69 Å². The molecule has 2 aliphatic heterocycles. The lowest BCUT2D eigenvalue weighted by Gasteiger charge is -2.16. The van der Waals surface area contributed by atoms with Gasteiger partial charge < -0.3 is 4.90 Å². The molecule has 140 valence electrons. The highest BCUT2D eigenvalue weighted by Gasteiger charge is 2.33. The van der Waals surface area contributed by atoms with Crippen LogP contribution in [0.1, 0.15) is 24.8 Å². The molecule has 1 aromatic carbocycles. The average molecular weight is 379 g/mol. The summed E-state index contributed by atoms with van der Waals surface area (Å²) in [6, 6.07) is 7.14. The van der Waals surface area contributed by atoms with Crippen molar-refractivity contribution in [3.63, 3.8) is 0 Å². The summed E-state index contributed by atoms with van der Waals surface area (Å²) >= 11 is 0. The SMILES string of the molecule is O=C(Cc1ccc(N2CCCC2=O)cc1)NNC(=O)[C@@H]1CCS(=O)(=O)C1. The fourth-order valence-corrected chi connectivity index (χ4v) is 4.92. The summed E-state index contributed by atoms with van der Waals surface area (Å²) in [5.74, 6) is -1.56. The summed E-state index contributed by atoms with van der Waals surface area (Å²) in [6.45, 7) is 0.710. The van der Waals surface area contributed by atoms with E-state index in [2.05, 4.69) is 10.9 Å². The molecule has 2 aliphatic rings. The Labute approximate surface area is 151 Å². The number of hydrazine groups is 1. The van der Waals surface area contributed by atoms with Crippen molar-refractivity contribution in [3.05, 3.63) is 29.8 Å². The van der Waals surface area contributed by atoms with Gasteiger partial charge >= 0.3 is 0 Å². The number of carbonyl (C=O) groups excluding carboxylic acids is 3. The molecule has 0 spiro atoms. The second-order valence-electron chi connectivity index (χ2n) is 6.63.